The van der Waals surface area contributed by atoms with Crippen molar-refractivity contribution in [2.75, 3.05) is 37.3 Å². The number of anilines is 1. The summed E-state index contributed by atoms with van der Waals surface area (Å²) < 4.78 is 0. The van der Waals surface area contributed by atoms with E-state index in [1.54, 1.807) is 22.7 Å². The number of nitrogens with zero attached hydrogens (tertiary/aromatic N) is 3. The Morgan fingerprint density at radius 2 is 1.69 bits per heavy atom. The van der Waals surface area contributed by atoms with E-state index in [-0.39, 0.29) is 11.5 Å². The van der Waals surface area contributed by atoms with E-state index in [9.17, 15) is 10.1 Å². The molecule has 1 saturated heterocycles. The second-order valence-electron chi connectivity index (χ2n) is 6.06. The van der Waals surface area contributed by atoms with Gasteiger partial charge in [0.05, 0.1) is 0 Å². The zero-order valence-electron chi connectivity index (χ0n) is 14.8. The first-order chi connectivity index (χ1) is 12.7. The van der Waals surface area contributed by atoms with Crippen LogP contribution in [0.5, 0.6) is 0 Å². The first-order valence-electron chi connectivity index (χ1n) is 8.56. The van der Waals surface area contributed by atoms with Crippen LogP contribution in [0.4, 0.5) is 5.69 Å². The van der Waals surface area contributed by atoms with Crippen molar-refractivity contribution >= 4 is 29.4 Å². The second-order valence-corrected chi connectivity index (χ2v) is 6.94. The van der Waals surface area contributed by atoms with Gasteiger partial charge in [0.25, 0.3) is 5.91 Å². The molecule has 2 aromatic carbocycles. The molecule has 132 valence electrons. The van der Waals surface area contributed by atoms with Crippen LogP contribution in [0.1, 0.15) is 5.56 Å². The van der Waals surface area contributed by atoms with Crippen LogP contribution in [0.15, 0.2) is 65.1 Å². The molecule has 0 bridgehead atoms. The van der Waals surface area contributed by atoms with Crippen LogP contribution in [0.25, 0.3) is 6.08 Å². The van der Waals surface area contributed by atoms with Gasteiger partial charge in [-0.1, -0.05) is 30.3 Å². The number of piperazine rings is 1. The van der Waals surface area contributed by atoms with Gasteiger partial charge in [0.2, 0.25) is 0 Å². The summed E-state index contributed by atoms with van der Waals surface area (Å²) in [5.74, 6) is -0.186. The number of para-hydroxylation sites is 1. The van der Waals surface area contributed by atoms with Gasteiger partial charge in [-0.15, -0.1) is 11.8 Å². The van der Waals surface area contributed by atoms with Crippen molar-refractivity contribution in [3.63, 3.8) is 0 Å². The number of carbonyl (C=O) groups is 1. The van der Waals surface area contributed by atoms with Gasteiger partial charge in [0.1, 0.15) is 11.6 Å². The van der Waals surface area contributed by atoms with Crippen molar-refractivity contribution in [1.82, 2.24) is 4.90 Å². The second kappa shape index (κ2) is 8.59. The van der Waals surface area contributed by atoms with Crippen LogP contribution in [0, 0.1) is 11.3 Å². The fourth-order valence-electron chi connectivity index (χ4n) is 2.99. The van der Waals surface area contributed by atoms with Crippen LogP contribution in [0.2, 0.25) is 0 Å². The maximum Gasteiger partial charge on any atom is 0.264 e. The zero-order valence-corrected chi connectivity index (χ0v) is 15.6. The van der Waals surface area contributed by atoms with Crippen LogP contribution in [0.3, 0.4) is 0 Å². The lowest BCUT2D eigenvalue weighted by Crippen LogP contribution is -2.49. The molecule has 0 spiro atoms. The van der Waals surface area contributed by atoms with Crippen molar-refractivity contribution in [3.05, 3.63) is 65.7 Å². The fourth-order valence-corrected chi connectivity index (χ4v) is 3.39. The number of nitriles is 1. The lowest BCUT2D eigenvalue weighted by molar-refractivity contribution is -0.126. The molecule has 0 aromatic heterocycles. The number of hydrogen-bond acceptors (Lipinski definition) is 4. The smallest absolute Gasteiger partial charge is 0.264 e. The number of amides is 1. The molecule has 26 heavy (non-hydrogen) atoms. The summed E-state index contributed by atoms with van der Waals surface area (Å²) in [6.45, 7) is 2.80. The molecule has 0 N–H and O–H groups in total. The van der Waals surface area contributed by atoms with Crippen LogP contribution >= 0.6 is 11.8 Å². The number of rotatable bonds is 4. The quantitative estimate of drug-likeness (QED) is 0.472. The molecule has 0 aliphatic carbocycles. The summed E-state index contributed by atoms with van der Waals surface area (Å²) in [5.41, 5.74) is 2.23. The molecule has 0 radical (unpaired) electrons. The number of benzene rings is 2. The van der Waals surface area contributed by atoms with E-state index in [2.05, 4.69) is 23.1 Å². The Bertz CT molecular complexity index is 817. The van der Waals surface area contributed by atoms with Gasteiger partial charge in [-0.05, 0) is 42.2 Å². The summed E-state index contributed by atoms with van der Waals surface area (Å²) in [5, 5.41) is 9.44. The van der Waals surface area contributed by atoms with Gasteiger partial charge < -0.3 is 9.80 Å². The van der Waals surface area contributed by atoms with E-state index >= 15 is 0 Å². The molecule has 0 unspecified atom stereocenters. The average molecular weight is 363 g/mol. The highest BCUT2D eigenvalue weighted by atomic mass is 32.2. The Hall–Kier alpha value is -2.71. The molecule has 0 saturated carbocycles. The SMILES string of the molecule is CSc1ccc(/C=C(/C#N)C(=O)N2CCN(c3ccccc3)CC2)cc1. The van der Waals surface area contributed by atoms with E-state index in [0.29, 0.717) is 13.1 Å². The predicted octanol–water partition coefficient (Wildman–Crippen LogP) is 3.66. The molecule has 1 amide bonds. The number of hydrogen-bond donors (Lipinski definition) is 0. The van der Waals surface area contributed by atoms with Crippen molar-refractivity contribution in [2.24, 2.45) is 0 Å². The molecule has 1 aliphatic heterocycles. The first kappa shape index (κ1) is 18.1. The molecule has 2 aromatic rings. The lowest BCUT2D eigenvalue weighted by atomic mass is 10.1. The highest BCUT2D eigenvalue weighted by Gasteiger charge is 2.23. The van der Waals surface area contributed by atoms with E-state index < -0.39 is 0 Å². The van der Waals surface area contributed by atoms with Gasteiger partial charge in [-0.25, -0.2) is 0 Å². The lowest BCUT2D eigenvalue weighted by Gasteiger charge is -2.36. The maximum atomic E-state index is 12.7. The van der Waals surface area contributed by atoms with Crippen LogP contribution in [-0.4, -0.2) is 43.2 Å². The summed E-state index contributed by atoms with van der Waals surface area (Å²) in [6, 6.07) is 20.1. The Morgan fingerprint density at radius 3 is 2.27 bits per heavy atom. The Labute approximate surface area is 158 Å². The average Bonchev–Trinajstić information content (AvgIpc) is 2.72. The van der Waals surface area contributed by atoms with E-state index in [0.717, 1.165) is 23.5 Å². The molecule has 3 rings (SSSR count). The molecule has 4 nitrogen and oxygen atoms in total. The minimum atomic E-state index is -0.186. The van der Waals surface area contributed by atoms with Crippen molar-refractivity contribution in [3.8, 4) is 6.07 Å². The summed E-state index contributed by atoms with van der Waals surface area (Å²) in [7, 11) is 0. The van der Waals surface area contributed by atoms with E-state index in [1.165, 1.54) is 5.69 Å². The van der Waals surface area contributed by atoms with Crippen LogP contribution in [-0.2, 0) is 4.79 Å². The molecule has 1 aliphatic rings. The Balaban J connectivity index is 1.66. The standard InChI is InChI=1S/C21H21N3OS/c1-26-20-9-7-17(8-10-20)15-18(16-22)21(25)24-13-11-23(12-14-24)19-5-3-2-4-6-19/h2-10,15H,11-14H2,1H3/b18-15-. The van der Waals surface area contributed by atoms with Gasteiger partial charge in [0.15, 0.2) is 0 Å². The van der Waals surface area contributed by atoms with Gasteiger partial charge in [-0.3, -0.25) is 4.79 Å². The monoisotopic (exact) mass is 363 g/mol. The third kappa shape index (κ3) is 4.27. The Kier molecular flexibility index (Phi) is 5.98. The molecular formula is C21H21N3OS. The minimum absolute atomic E-state index is 0.186. The Morgan fingerprint density at radius 1 is 1.04 bits per heavy atom. The zero-order chi connectivity index (χ0) is 18.4. The normalized spacial score (nSPS) is 14.8. The first-order valence-corrected chi connectivity index (χ1v) is 9.79. The highest BCUT2D eigenvalue weighted by molar-refractivity contribution is 7.98. The highest BCUT2D eigenvalue weighted by Crippen LogP contribution is 2.19. The summed E-state index contributed by atoms with van der Waals surface area (Å²) in [4.78, 5) is 17.9. The largest absolute Gasteiger partial charge is 0.368 e. The summed E-state index contributed by atoms with van der Waals surface area (Å²) >= 11 is 1.66. The summed E-state index contributed by atoms with van der Waals surface area (Å²) in [6.07, 6.45) is 3.69. The number of carbonyl (C=O) groups excluding carboxylic acids is 1. The van der Waals surface area contributed by atoms with Crippen molar-refractivity contribution < 1.29 is 4.79 Å². The van der Waals surface area contributed by atoms with E-state index in [4.69, 9.17) is 0 Å². The molecule has 1 fully saturated rings. The fraction of sp³-hybridized carbons (Fsp3) is 0.238. The molecule has 5 heteroatoms. The van der Waals surface area contributed by atoms with Gasteiger partial charge in [-0.2, -0.15) is 5.26 Å². The maximum absolute atomic E-state index is 12.7. The number of thioether (sulfide) groups is 1. The third-order valence-corrected chi connectivity index (χ3v) is 5.21. The molecular weight excluding hydrogens is 342 g/mol. The molecule has 0 atom stereocenters. The molecule has 1 heterocycles. The van der Waals surface area contributed by atoms with Gasteiger partial charge in [0, 0.05) is 36.8 Å². The van der Waals surface area contributed by atoms with Gasteiger partial charge >= 0.3 is 0 Å². The van der Waals surface area contributed by atoms with E-state index in [1.807, 2.05) is 48.7 Å². The van der Waals surface area contributed by atoms with Crippen molar-refractivity contribution in [1.29, 1.82) is 5.26 Å². The van der Waals surface area contributed by atoms with Crippen LogP contribution < -0.4 is 4.90 Å². The topological polar surface area (TPSA) is 47.3 Å². The predicted molar refractivity (Wildman–Crippen MR) is 107 cm³/mol. The van der Waals surface area contributed by atoms with Crippen molar-refractivity contribution in [2.45, 2.75) is 4.90 Å². The third-order valence-electron chi connectivity index (χ3n) is 4.47. The minimum Gasteiger partial charge on any atom is -0.368 e.